The van der Waals surface area contributed by atoms with Crippen LogP contribution in [0, 0.1) is 13.8 Å². The van der Waals surface area contributed by atoms with Gasteiger partial charge in [-0.3, -0.25) is 0 Å². The number of hydrogen-bond acceptors (Lipinski definition) is 2. The first kappa shape index (κ1) is 16.1. The summed E-state index contributed by atoms with van der Waals surface area (Å²) in [5, 5.41) is 3.65. The Labute approximate surface area is 129 Å². The SMILES string of the molecule is CCNC(CC1=CCCCC1)c1ccc(C)c(C)c1OC. The minimum atomic E-state index is 0.355. The standard InChI is InChI=1S/C19H29NO/c1-5-20-18(13-16-9-7-6-8-10-16)17-12-11-14(2)15(3)19(17)21-4/h9,11-12,18,20H,5-8,10,13H2,1-4H3. The highest BCUT2D eigenvalue weighted by molar-refractivity contribution is 5.47. The number of methoxy groups -OCH3 is 1. The van der Waals surface area contributed by atoms with E-state index in [1.807, 2.05) is 0 Å². The third-order valence-corrected chi connectivity index (χ3v) is 4.59. The molecule has 0 aromatic heterocycles. The van der Waals surface area contributed by atoms with E-state index in [1.165, 1.54) is 42.4 Å². The average Bonchev–Trinajstić information content (AvgIpc) is 2.50. The third-order valence-electron chi connectivity index (χ3n) is 4.59. The number of aryl methyl sites for hydroxylation is 1. The summed E-state index contributed by atoms with van der Waals surface area (Å²) in [6.45, 7) is 7.46. The van der Waals surface area contributed by atoms with Gasteiger partial charge in [0.05, 0.1) is 7.11 Å². The molecule has 0 radical (unpaired) electrons. The van der Waals surface area contributed by atoms with Crippen molar-refractivity contribution in [2.24, 2.45) is 0 Å². The first-order chi connectivity index (χ1) is 10.2. The molecule has 0 heterocycles. The second kappa shape index (κ2) is 7.65. The zero-order chi connectivity index (χ0) is 15.2. The molecule has 1 aromatic carbocycles. The zero-order valence-corrected chi connectivity index (χ0v) is 14.0. The molecule has 0 spiro atoms. The molecule has 0 fully saturated rings. The molecule has 2 nitrogen and oxygen atoms in total. The molecular formula is C19H29NO. The Balaban J connectivity index is 2.29. The highest BCUT2D eigenvalue weighted by atomic mass is 16.5. The van der Waals surface area contributed by atoms with Crippen molar-refractivity contribution in [3.05, 3.63) is 40.5 Å². The molecule has 1 aromatic rings. The Hall–Kier alpha value is -1.28. The van der Waals surface area contributed by atoms with E-state index in [0.717, 1.165) is 18.7 Å². The van der Waals surface area contributed by atoms with Crippen molar-refractivity contribution < 1.29 is 4.74 Å². The second-order valence-electron chi connectivity index (χ2n) is 6.05. The first-order valence-electron chi connectivity index (χ1n) is 8.22. The number of nitrogens with one attached hydrogen (secondary N) is 1. The minimum absolute atomic E-state index is 0.355. The average molecular weight is 287 g/mol. The molecule has 0 aliphatic heterocycles. The van der Waals surface area contributed by atoms with Crippen LogP contribution in [-0.4, -0.2) is 13.7 Å². The van der Waals surface area contributed by atoms with Crippen LogP contribution in [0.2, 0.25) is 0 Å². The predicted molar refractivity (Wildman–Crippen MR) is 90.1 cm³/mol. The lowest BCUT2D eigenvalue weighted by Gasteiger charge is -2.25. The van der Waals surface area contributed by atoms with Gasteiger partial charge in [0.15, 0.2) is 0 Å². The first-order valence-corrected chi connectivity index (χ1v) is 8.22. The topological polar surface area (TPSA) is 21.3 Å². The van der Waals surface area contributed by atoms with Gasteiger partial charge in [-0.1, -0.05) is 30.7 Å². The summed E-state index contributed by atoms with van der Waals surface area (Å²) in [5.74, 6) is 1.05. The molecule has 1 atom stereocenters. The minimum Gasteiger partial charge on any atom is -0.496 e. The van der Waals surface area contributed by atoms with Crippen LogP contribution in [0.5, 0.6) is 5.75 Å². The molecule has 2 rings (SSSR count). The largest absolute Gasteiger partial charge is 0.496 e. The summed E-state index contributed by atoms with van der Waals surface area (Å²) in [4.78, 5) is 0. The van der Waals surface area contributed by atoms with E-state index in [0.29, 0.717) is 6.04 Å². The molecule has 1 aliphatic carbocycles. The zero-order valence-electron chi connectivity index (χ0n) is 14.0. The maximum Gasteiger partial charge on any atom is 0.126 e. The fourth-order valence-corrected chi connectivity index (χ4v) is 3.25. The fraction of sp³-hybridized carbons (Fsp3) is 0.579. The Morgan fingerprint density at radius 3 is 2.67 bits per heavy atom. The lowest BCUT2D eigenvalue weighted by molar-refractivity contribution is 0.395. The molecule has 0 amide bonds. The monoisotopic (exact) mass is 287 g/mol. The quantitative estimate of drug-likeness (QED) is 0.755. The molecular weight excluding hydrogens is 258 g/mol. The van der Waals surface area contributed by atoms with Gasteiger partial charge in [0.2, 0.25) is 0 Å². The van der Waals surface area contributed by atoms with Crippen LogP contribution in [0.15, 0.2) is 23.8 Å². The normalized spacial score (nSPS) is 16.5. The molecule has 0 bridgehead atoms. The molecule has 1 aliphatic rings. The van der Waals surface area contributed by atoms with Crippen molar-refractivity contribution in [2.75, 3.05) is 13.7 Å². The van der Waals surface area contributed by atoms with Crippen molar-refractivity contribution in [3.8, 4) is 5.75 Å². The van der Waals surface area contributed by atoms with Crippen LogP contribution in [0.1, 0.15) is 61.8 Å². The lowest BCUT2D eigenvalue weighted by atomic mass is 9.90. The van der Waals surface area contributed by atoms with Crippen LogP contribution < -0.4 is 10.1 Å². The molecule has 1 N–H and O–H groups in total. The van der Waals surface area contributed by atoms with E-state index in [2.05, 4.69) is 44.3 Å². The van der Waals surface area contributed by atoms with Crippen molar-refractivity contribution in [2.45, 2.75) is 58.9 Å². The molecule has 1 unspecified atom stereocenters. The molecule has 2 heteroatoms. The van der Waals surface area contributed by atoms with Gasteiger partial charge >= 0.3 is 0 Å². The second-order valence-corrected chi connectivity index (χ2v) is 6.05. The summed E-state index contributed by atoms with van der Waals surface area (Å²) in [6, 6.07) is 4.80. The maximum atomic E-state index is 5.71. The van der Waals surface area contributed by atoms with Gasteiger partial charge in [0.25, 0.3) is 0 Å². The number of hydrogen-bond donors (Lipinski definition) is 1. The highest BCUT2D eigenvalue weighted by Crippen LogP contribution is 2.35. The van der Waals surface area contributed by atoms with Crippen LogP contribution in [0.3, 0.4) is 0 Å². The number of allylic oxidation sites excluding steroid dienone is 1. The van der Waals surface area contributed by atoms with Crippen LogP contribution in [0.4, 0.5) is 0 Å². The van der Waals surface area contributed by atoms with Crippen molar-refractivity contribution >= 4 is 0 Å². The van der Waals surface area contributed by atoms with E-state index in [1.54, 1.807) is 12.7 Å². The molecule has 21 heavy (non-hydrogen) atoms. The highest BCUT2D eigenvalue weighted by Gasteiger charge is 2.19. The van der Waals surface area contributed by atoms with Crippen molar-refractivity contribution in [1.29, 1.82) is 0 Å². The van der Waals surface area contributed by atoms with Crippen LogP contribution in [-0.2, 0) is 0 Å². The Kier molecular flexibility index (Phi) is 5.86. The van der Waals surface area contributed by atoms with E-state index in [9.17, 15) is 0 Å². The van der Waals surface area contributed by atoms with Gasteiger partial charge in [-0.25, -0.2) is 0 Å². The van der Waals surface area contributed by atoms with Crippen LogP contribution in [0.25, 0.3) is 0 Å². The summed E-state index contributed by atoms with van der Waals surface area (Å²) in [7, 11) is 1.79. The molecule has 0 saturated carbocycles. The Morgan fingerprint density at radius 2 is 2.05 bits per heavy atom. The Bertz CT molecular complexity index is 505. The van der Waals surface area contributed by atoms with Gasteiger partial charge in [-0.2, -0.15) is 0 Å². The van der Waals surface area contributed by atoms with Crippen molar-refractivity contribution in [1.82, 2.24) is 5.32 Å². The number of rotatable bonds is 6. The van der Waals surface area contributed by atoms with Crippen molar-refractivity contribution in [3.63, 3.8) is 0 Å². The third kappa shape index (κ3) is 3.88. The summed E-state index contributed by atoms with van der Waals surface area (Å²) in [6.07, 6.45) is 8.75. The maximum absolute atomic E-state index is 5.71. The van der Waals surface area contributed by atoms with E-state index in [-0.39, 0.29) is 0 Å². The fourth-order valence-electron chi connectivity index (χ4n) is 3.25. The number of ether oxygens (including phenoxy) is 1. The van der Waals surface area contributed by atoms with Gasteiger partial charge in [0, 0.05) is 11.6 Å². The van der Waals surface area contributed by atoms with E-state index < -0.39 is 0 Å². The van der Waals surface area contributed by atoms with E-state index >= 15 is 0 Å². The number of benzene rings is 1. The summed E-state index contributed by atoms with van der Waals surface area (Å²) in [5.41, 5.74) is 5.46. The molecule has 116 valence electrons. The van der Waals surface area contributed by atoms with Gasteiger partial charge in [0.1, 0.15) is 5.75 Å². The lowest BCUT2D eigenvalue weighted by Crippen LogP contribution is -2.22. The predicted octanol–water partition coefficient (Wildman–Crippen LogP) is 4.85. The van der Waals surface area contributed by atoms with Gasteiger partial charge in [-0.05, 0) is 63.6 Å². The summed E-state index contributed by atoms with van der Waals surface area (Å²) >= 11 is 0. The summed E-state index contributed by atoms with van der Waals surface area (Å²) < 4.78 is 5.71. The van der Waals surface area contributed by atoms with E-state index in [4.69, 9.17) is 4.74 Å². The van der Waals surface area contributed by atoms with Crippen LogP contribution >= 0.6 is 0 Å². The Morgan fingerprint density at radius 1 is 1.24 bits per heavy atom. The smallest absolute Gasteiger partial charge is 0.126 e. The molecule has 0 saturated heterocycles. The van der Waals surface area contributed by atoms with Gasteiger partial charge in [-0.15, -0.1) is 0 Å². The van der Waals surface area contributed by atoms with Gasteiger partial charge < -0.3 is 10.1 Å².